The van der Waals surface area contributed by atoms with Crippen molar-refractivity contribution in [3.05, 3.63) is 34.2 Å². The number of urea groups is 1. The summed E-state index contributed by atoms with van der Waals surface area (Å²) in [5, 5.41) is 27.6. The standard InChI is InChI=1S/C22H30ClN3O4/c1-21-8-6-17-16-5-3-15(27)12-14(16)2-4-18(17)19(21)7-9-22(21,29)13-24-20(28)26(25-30)11-10-23/h3,5,12,17-19,27,29H,2,4,6-11,13H2,1H3,(H,24,28)/t17-,18-,19+,21+,22-/m1/s1. The number of aliphatic hydroxyl groups is 1. The number of alkyl halides is 1. The molecule has 2 amide bonds. The highest BCUT2D eigenvalue weighted by atomic mass is 35.5. The van der Waals surface area contributed by atoms with E-state index in [9.17, 15) is 19.9 Å². The van der Waals surface area contributed by atoms with Crippen LogP contribution in [0, 0.1) is 22.2 Å². The Morgan fingerprint density at radius 1 is 1.33 bits per heavy atom. The molecule has 0 heterocycles. The minimum atomic E-state index is -1.01. The summed E-state index contributed by atoms with van der Waals surface area (Å²) in [5.41, 5.74) is 1.30. The van der Waals surface area contributed by atoms with Gasteiger partial charge >= 0.3 is 6.03 Å². The smallest absolute Gasteiger partial charge is 0.340 e. The maximum atomic E-state index is 12.3. The number of nitrogens with one attached hydrogen (secondary N) is 1. The van der Waals surface area contributed by atoms with Crippen LogP contribution in [0.5, 0.6) is 5.75 Å². The Morgan fingerprint density at radius 3 is 2.87 bits per heavy atom. The highest BCUT2D eigenvalue weighted by Gasteiger charge is 2.61. The quantitative estimate of drug-likeness (QED) is 0.370. The van der Waals surface area contributed by atoms with Gasteiger partial charge in [0, 0.05) is 17.8 Å². The van der Waals surface area contributed by atoms with Gasteiger partial charge in [-0.25, -0.2) is 4.79 Å². The number of phenols is 1. The van der Waals surface area contributed by atoms with Gasteiger partial charge in [-0.1, -0.05) is 13.0 Å². The number of rotatable bonds is 5. The van der Waals surface area contributed by atoms with Crippen LogP contribution < -0.4 is 5.32 Å². The van der Waals surface area contributed by atoms with Gasteiger partial charge in [0.2, 0.25) is 0 Å². The number of fused-ring (bicyclic) bond motifs is 5. The molecule has 0 radical (unpaired) electrons. The topological polar surface area (TPSA) is 102 Å². The van der Waals surface area contributed by atoms with Crippen LogP contribution in [0.15, 0.2) is 23.5 Å². The highest BCUT2D eigenvalue weighted by molar-refractivity contribution is 6.18. The molecular formula is C22H30ClN3O4. The number of aromatic hydroxyl groups is 1. The molecule has 7 nitrogen and oxygen atoms in total. The number of hydrogen-bond acceptors (Lipinski definition) is 5. The van der Waals surface area contributed by atoms with Crippen molar-refractivity contribution in [3.63, 3.8) is 0 Å². The van der Waals surface area contributed by atoms with E-state index in [1.54, 1.807) is 6.07 Å². The Morgan fingerprint density at radius 2 is 2.13 bits per heavy atom. The zero-order chi connectivity index (χ0) is 21.5. The molecule has 3 N–H and O–H groups in total. The lowest BCUT2D eigenvalue weighted by molar-refractivity contribution is -0.0992. The van der Waals surface area contributed by atoms with Gasteiger partial charge in [-0.15, -0.1) is 16.5 Å². The summed E-state index contributed by atoms with van der Waals surface area (Å²) in [4.78, 5) is 23.1. The van der Waals surface area contributed by atoms with Crippen LogP contribution in [0.1, 0.15) is 56.1 Å². The normalized spacial score (nSPS) is 34.4. The van der Waals surface area contributed by atoms with E-state index in [4.69, 9.17) is 11.6 Å². The Kier molecular flexibility index (Phi) is 5.70. The predicted octanol–water partition coefficient (Wildman–Crippen LogP) is 3.91. The van der Waals surface area contributed by atoms with E-state index in [1.165, 1.54) is 11.1 Å². The second-order valence-electron chi connectivity index (χ2n) is 9.38. The molecule has 1 aromatic carbocycles. The molecule has 2 saturated carbocycles. The molecule has 0 aliphatic heterocycles. The van der Waals surface area contributed by atoms with Crippen molar-refractivity contribution in [1.82, 2.24) is 10.3 Å². The molecule has 8 heteroatoms. The fourth-order valence-corrected chi connectivity index (χ4v) is 6.70. The van der Waals surface area contributed by atoms with Crippen LogP contribution in [0.4, 0.5) is 4.79 Å². The highest BCUT2D eigenvalue weighted by Crippen LogP contribution is 2.64. The number of benzene rings is 1. The zero-order valence-electron chi connectivity index (χ0n) is 17.3. The maximum absolute atomic E-state index is 12.3. The third-order valence-electron chi connectivity index (χ3n) is 8.19. The van der Waals surface area contributed by atoms with E-state index in [1.807, 2.05) is 6.07 Å². The third-order valence-corrected chi connectivity index (χ3v) is 8.36. The molecule has 164 valence electrons. The Hall–Kier alpha value is -1.86. The summed E-state index contributed by atoms with van der Waals surface area (Å²) in [6.45, 7) is 2.30. The summed E-state index contributed by atoms with van der Waals surface area (Å²) >= 11 is 5.61. The monoisotopic (exact) mass is 435 g/mol. The second-order valence-corrected chi connectivity index (χ2v) is 9.76. The summed E-state index contributed by atoms with van der Waals surface area (Å²) in [7, 11) is 0. The average molecular weight is 436 g/mol. The first-order valence-electron chi connectivity index (χ1n) is 10.8. The summed E-state index contributed by atoms with van der Waals surface area (Å²) in [5.74, 6) is 1.78. The first kappa shape index (κ1) is 21.4. The molecule has 0 unspecified atom stereocenters. The van der Waals surface area contributed by atoms with Crippen molar-refractivity contribution in [2.45, 2.75) is 57.0 Å². The minimum Gasteiger partial charge on any atom is -0.508 e. The first-order valence-corrected chi connectivity index (χ1v) is 11.4. The molecule has 0 bridgehead atoms. The number of nitroso groups, excluding NO2 is 1. The van der Waals surface area contributed by atoms with Gasteiger partial charge in [-0.3, -0.25) is 0 Å². The Bertz CT molecular complexity index is 837. The predicted molar refractivity (Wildman–Crippen MR) is 114 cm³/mol. The van der Waals surface area contributed by atoms with Crippen molar-refractivity contribution in [2.24, 2.45) is 22.5 Å². The Balaban J connectivity index is 1.50. The van der Waals surface area contributed by atoms with Crippen LogP contribution in [-0.4, -0.2) is 45.8 Å². The zero-order valence-corrected chi connectivity index (χ0v) is 18.1. The fourth-order valence-electron chi connectivity index (χ4n) is 6.54. The number of amides is 2. The number of hydrogen-bond donors (Lipinski definition) is 3. The van der Waals surface area contributed by atoms with Crippen LogP contribution in [0.2, 0.25) is 0 Å². The largest absolute Gasteiger partial charge is 0.508 e. The molecule has 3 aliphatic rings. The van der Waals surface area contributed by atoms with Crippen LogP contribution in [0.3, 0.4) is 0 Å². The van der Waals surface area contributed by atoms with Gasteiger partial charge < -0.3 is 15.5 Å². The second kappa shape index (κ2) is 8.00. The summed E-state index contributed by atoms with van der Waals surface area (Å²) in [6, 6.07) is 5.13. The molecule has 3 aliphatic carbocycles. The molecule has 0 aromatic heterocycles. The summed E-state index contributed by atoms with van der Waals surface area (Å²) in [6.07, 6.45) is 5.43. The van der Waals surface area contributed by atoms with E-state index in [0.717, 1.165) is 37.1 Å². The van der Waals surface area contributed by atoms with E-state index in [2.05, 4.69) is 23.6 Å². The van der Waals surface area contributed by atoms with Crippen molar-refractivity contribution in [2.75, 3.05) is 19.0 Å². The number of nitrogens with zero attached hydrogens (tertiary/aromatic N) is 2. The Labute approximate surface area is 181 Å². The molecule has 2 fully saturated rings. The maximum Gasteiger partial charge on any atom is 0.340 e. The van der Waals surface area contributed by atoms with Crippen LogP contribution >= 0.6 is 11.6 Å². The van der Waals surface area contributed by atoms with Gasteiger partial charge in [-0.2, -0.15) is 5.01 Å². The van der Waals surface area contributed by atoms with Gasteiger partial charge in [0.15, 0.2) is 0 Å². The fraction of sp³-hybridized carbons (Fsp3) is 0.682. The number of halogens is 1. The van der Waals surface area contributed by atoms with E-state index < -0.39 is 11.6 Å². The van der Waals surface area contributed by atoms with Crippen LogP contribution in [-0.2, 0) is 6.42 Å². The van der Waals surface area contributed by atoms with Gasteiger partial charge in [-0.05, 0) is 79.5 Å². The minimum absolute atomic E-state index is 0.0356. The molecule has 30 heavy (non-hydrogen) atoms. The molecule has 0 spiro atoms. The van der Waals surface area contributed by atoms with Crippen LogP contribution in [0.25, 0.3) is 0 Å². The van der Waals surface area contributed by atoms with Crippen molar-refractivity contribution < 1.29 is 15.0 Å². The van der Waals surface area contributed by atoms with Gasteiger partial charge in [0.1, 0.15) is 5.75 Å². The average Bonchev–Trinajstić information content (AvgIpc) is 3.01. The number of aryl methyl sites for hydroxylation is 1. The molecule has 0 saturated heterocycles. The lowest BCUT2D eigenvalue weighted by Crippen LogP contribution is -2.56. The third kappa shape index (κ3) is 3.36. The van der Waals surface area contributed by atoms with E-state index in [0.29, 0.717) is 29.9 Å². The van der Waals surface area contributed by atoms with E-state index in [-0.39, 0.29) is 24.4 Å². The number of carbonyl (C=O) groups is 1. The van der Waals surface area contributed by atoms with Crippen molar-refractivity contribution in [1.29, 1.82) is 0 Å². The van der Waals surface area contributed by atoms with Crippen molar-refractivity contribution >= 4 is 17.6 Å². The van der Waals surface area contributed by atoms with Gasteiger partial charge in [0.25, 0.3) is 0 Å². The summed E-state index contributed by atoms with van der Waals surface area (Å²) < 4.78 is 0. The first-order chi connectivity index (χ1) is 14.3. The van der Waals surface area contributed by atoms with Gasteiger partial charge in [0.05, 0.1) is 17.4 Å². The van der Waals surface area contributed by atoms with E-state index >= 15 is 0 Å². The molecular weight excluding hydrogens is 406 g/mol. The lowest BCUT2D eigenvalue weighted by atomic mass is 9.53. The molecule has 4 rings (SSSR count). The van der Waals surface area contributed by atoms with Crippen molar-refractivity contribution in [3.8, 4) is 5.75 Å². The number of phenolic OH excluding ortho intramolecular Hbond substituents is 1. The SMILES string of the molecule is C[C@]12CC[C@@H]3c4ccc(O)cc4CC[C@H]3[C@@H]1CC[C@@]2(O)CNC(=O)N(CCCl)N=O. The lowest BCUT2D eigenvalue weighted by Gasteiger charge is -2.53. The molecule has 1 aromatic rings. The molecule has 5 atom stereocenters. The number of carbonyl (C=O) groups excluding carboxylic acids is 1.